The maximum absolute atomic E-state index is 4.87. The molecule has 0 spiro atoms. The molecule has 0 saturated carbocycles. The Labute approximate surface area is 167 Å². The van der Waals surface area contributed by atoms with E-state index in [0.717, 1.165) is 49.3 Å². The van der Waals surface area contributed by atoms with Crippen molar-refractivity contribution in [2.45, 2.75) is 13.8 Å². The molecule has 1 fully saturated rings. The lowest BCUT2D eigenvalue weighted by Crippen LogP contribution is -2.47. The molecule has 2 aromatic carbocycles. The summed E-state index contributed by atoms with van der Waals surface area (Å²) in [4.78, 5) is 16.4. The molecule has 0 unspecified atom stereocenters. The molecule has 5 nitrogen and oxygen atoms in total. The zero-order valence-corrected chi connectivity index (χ0v) is 16.8. The topological polar surface area (TPSA) is 35.5 Å². The Morgan fingerprint density at radius 2 is 1.50 bits per heavy atom. The molecule has 3 aromatic rings. The third-order valence-corrected chi connectivity index (χ3v) is 5.24. The van der Waals surface area contributed by atoms with Crippen LogP contribution in [0.25, 0.3) is 0 Å². The van der Waals surface area contributed by atoms with E-state index in [1.54, 1.807) is 0 Å². The maximum Gasteiger partial charge on any atom is 0.231 e. The predicted octanol–water partition coefficient (Wildman–Crippen LogP) is 4.19. The lowest BCUT2D eigenvalue weighted by Gasteiger charge is -2.37. The van der Waals surface area contributed by atoms with Crippen LogP contribution in [-0.2, 0) is 0 Å². The minimum atomic E-state index is 0.738. The SMILES string of the molecule is Cc1cccc(N2CCN(c3cc(C)nc(N(C)c4ccccc4)n3)CC2)c1. The van der Waals surface area contributed by atoms with Crippen LogP contribution in [0.4, 0.5) is 23.1 Å². The number of hydrogen-bond acceptors (Lipinski definition) is 5. The van der Waals surface area contributed by atoms with Crippen LogP contribution in [-0.4, -0.2) is 43.2 Å². The first-order valence-corrected chi connectivity index (χ1v) is 9.81. The van der Waals surface area contributed by atoms with Crippen molar-refractivity contribution in [3.05, 3.63) is 71.9 Å². The van der Waals surface area contributed by atoms with E-state index in [1.807, 2.05) is 37.1 Å². The highest BCUT2D eigenvalue weighted by atomic mass is 15.3. The molecule has 1 saturated heterocycles. The monoisotopic (exact) mass is 373 g/mol. The molecule has 2 heterocycles. The van der Waals surface area contributed by atoms with Gasteiger partial charge in [-0.3, -0.25) is 0 Å². The Hall–Kier alpha value is -3.08. The fourth-order valence-electron chi connectivity index (χ4n) is 3.63. The Bertz CT molecular complexity index is 933. The molecule has 0 radical (unpaired) electrons. The van der Waals surface area contributed by atoms with Gasteiger partial charge >= 0.3 is 0 Å². The number of aromatic nitrogens is 2. The van der Waals surface area contributed by atoms with Gasteiger partial charge in [0.15, 0.2) is 0 Å². The first kappa shape index (κ1) is 18.3. The maximum atomic E-state index is 4.87. The molecule has 0 amide bonds. The highest BCUT2D eigenvalue weighted by Gasteiger charge is 2.20. The minimum Gasteiger partial charge on any atom is -0.368 e. The summed E-state index contributed by atoms with van der Waals surface area (Å²) in [5.74, 6) is 1.75. The number of rotatable bonds is 4. The predicted molar refractivity (Wildman–Crippen MR) is 117 cm³/mol. The van der Waals surface area contributed by atoms with Crippen LogP contribution in [0.15, 0.2) is 60.7 Å². The summed E-state index contributed by atoms with van der Waals surface area (Å²) >= 11 is 0. The Balaban J connectivity index is 1.50. The molecule has 0 aliphatic carbocycles. The van der Waals surface area contributed by atoms with Gasteiger partial charge in [0.05, 0.1) is 0 Å². The van der Waals surface area contributed by atoms with E-state index in [0.29, 0.717) is 0 Å². The summed E-state index contributed by atoms with van der Waals surface area (Å²) in [5, 5.41) is 0. The van der Waals surface area contributed by atoms with Crippen molar-refractivity contribution < 1.29 is 0 Å². The van der Waals surface area contributed by atoms with Crippen LogP contribution in [0.3, 0.4) is 0 Å². The number of piperazine rings is 1. The fourth-order valence-corrected chi connectivity index (χ4v) is 3.63. The van der Waals surface area contributed by atoms with Gasteiger partial charge in [-0.2, -0.15) is 4.98 Å². The van der Waals surface area contributed by atoms with Crippen molar-refractivity contribution in [1.29, 1.82) is 0 Å². The number of anilines is 4. The van der Waals surface area contributed by atoms with Crippen LogP contribution in [0.1, 0.15) is 11.3 Å². The van der Waals surface area contributed by atoms with E-state index >= 15 is 0 Å². The number of hydrogen-bond donors (Lipinski definition) is 0. The molecule has 0 bridgehead atoms. The normalized spacial score (nSPS) is 14.2. The van der Waals surface area contributed by atoms with Gasteiger partial charge in [-0.15, -0.1) is 0 Å². The van der Waals surface area contributed by atoms with Crippen molar-refractivity contribution in [1.82, 2.24) is 9.97 Å². The van der Waals surface area contributed by atoms with Gasteiger partial charge in [0, 0.05) is 56.4 Å². The standard InChI is InChI=1S/C23H27N5/c1-18-8-7-11-21(16-18)27-12-14-28(15-13-27)22-17-19(2)24-23(25-22)26(3)20-9-5-4-6-10-20/h4-11,16-17H,12-15H2,1-3H3. The number of nitrogens with zero attached hydrogens (tertiary/aromatic N) is 5. The average molecular weight is 374 g/mol. The number of para-hydroxylation sites is 1. The Kier molecular flexibility index (Phi) is 5.15. The van der Waals surface area contributed by atoms with Crippen molar-refractivity contribution >= 4 is 23.1 Å². The summed E-state index contributed by atoms with van der Waals surface area (Å²) in [5.41, 5.74) is 4.69. The van der Waals surface area contributed by atoms with E-state index in [2.05, 4.69) is 64.2 Å². The number of benzene rings is 2. The van der Waals surface area contributed by atoms with Crippen molar-refractivity contribution in [3.8, 4) is 0 Å². The lowest BCUT2D eigenvalue weighted by molar-refractivity contribution is 0.646. The minimum absolute atomic E-state index is 0.738. The Morgan fingerprint density at radius 1 is 0.786 bits per heavy atom. The van der Waals surface area contributed by atoms with E-state index in [4.69, 9.17) is 4.98 Å². The second kappa shape index (κ2) is 7.89. The summed E-state index contributed by atoms with van der Waals surface area (Å²) in [6.45, 7) is 8.09. The third kappa shape index (κ3) is 3.93. The lowest BCUT2D eigenvalue weighted by atomic mass is 10.2. The molecule has 1 aliphatic heterocycles. The van der Waals surface area contributed by atoms with Gasteiger partial charge in [-0.1, -0.05) is 30.3 Å². The van der Waals surface area contributed by atoms with Crippen LogP contribution < -0.4 is 14.7 Å². The molecule has 144 valence electrons. The molecule has 1 aromatic heterocycles. The third-order valence-electron chi connectivity index (χ3n) is 5.24. The molecule has 28 heavy (non-hydrogen) atoms. The number of aryl methyl sites for hydroxylation is 2. The van der Waals surface area contributed by atoms with Crippen LogP contribution in [0, 0.1) is 13.8 Å². The van der Waals surface area contributed by atoms with Gasteiger partial charge < -0.3 is 14.7 Å². The zero-order chi connectivity index (χ0) is 19.5. The first-order chi connectivity index (χ1) is 13.6. The molecule has 0 atom stereocenters. The van der Waals surface area contributed by atoms with Gasteiger partial charge in [0.25, 0.3) is 0 Å². The molecule has 4 rings (SSSR count). The largest absolute Gasteiger partial charge is 0.368 e. The first-order valence-electron chi connectivity index (χ1n) is 9.81. The second-order valence-electron chi connectivity index (χ2n) is 7.38. The molecular formula is C23H27N5. The molecule has 5 heteroatoms. The van der Waals surface area contributed by atoms with Crippen molar-refractivity contribution in [2.75, 3.05) is 47.9 Å². The second-order valence-corrected chi connectivity index (χ2v) is 7.38. The van der Waals surface area contributed by atoms with E-state index in [-0.39, 0.29) is 0 Å². The molecule has 1 aliphatic rings. The van der Waals surface area contributed by atoms with Crippen molar-refractivity contribution in [3.63, 3.8) is 0 Å². The fraction of sp³-hybridized carbons (Fsp3) is 0.304. The quantitative estimate of drug-likeness (QED) is 0.685. The van der Waals surface area contributed by atoms with Crippen molar-refractivity contribution in [2.24, 2.45) is 0 Å². The summed E-state index contributed by atoms with van der Waals surface area (Å²) in [6, 6.07) is 21.1. The van der Waals surface area contributed by atoms with Crippen LogP contribution in [0.5, 0.6) is 0 Å². The smallest absolute Gasteiger partial charge is 0.231 e. The highest BCUT2D eigenvalue weighted by molar-refractivity contribution is 5.58. The van der Waals surface area contributed by atoms with Crippen LogP contribution in [0.2, 0.25) is 0 Å². The molecule has 0 N–H and O–H groups in total. The van der Waals surface area contributed by atoms with E-state index in [9.17, 15) is 0 Å². The van der Waals surface area contributed by atoms with E-state index < -0.39 is 0 Å². The Morgan fingerprint density at radius 3 is 2.21 bits per heavy atom. The zero-order valence-electron chi connectivity index (χ0n) is 16.8. The van der Waals surface area contributed by atoms with Gasteiger partial charge in [-0.25, -0.2) is 4.98 Å². The van der Waals surface area contributed by atoms with Gasteiger partial charge in [0.2, 0.25) is 5.95 Å². The van der Waals surface area contributed by atoms with Gasteiger partial charge in [0.1, 0.15) is 5.82 Å². The van der Waals surface area contributed by atoms with Crippen LogP contribution >= 0.6 is 0 Å². The summed E-state index contributed by atoms with van der Waals surface area (Å²) in [7, 11) is 2.02. The summed E-state index contributed by atoms with van der Waals surface area (Å²) < 4.78 is 0. The van der Waals surface area contributed by atoms with E-state index in [1.165, 1.54) is 11.3 Å². The van der Waals surface area contributed by atoms with Gasteiger partial charge in [-0.05, 0) is 43.7 Å². The molecular weight excluding hydrogens is 346 g/mol. The highest BCUT2D eigenvalue weighted by Crippen LogP contribution is 2.25. The summed E-state index contributed by atoms with van der Waals surface area (Å²) in [6.07, 6.45) is 0. The average Bonchev–Trinajstić information content (AvgIpc) is 2.73.